The van der Waals surface area contributed by atoms with Crippen molar-refractivity contribution in [1.29, 1.82) is 0 Å². The number of thiophene rings is 1. The van der Waals surface area contributed by atoms with E-state index in [1.165, 1.54) is 0 Å². The average Bonchev–Trinajstić information content (AvgIpc) is 3.26. The first kappa shape index (κ1) is 27.0. The van der Waals surface area contributed by atoms with Crippen molar-refractivity contribution in [3.8, 4) is 23.5 Å². The second-order valence-corrected chi connectivity index (χ2v) is 12.2. The Morgan fingerprint density at radius 1 is 1.16 bits per heavy atom. The van der Waals surface area contributed by atoms with Crippen LogP contribution in [-0.2, 0) is 4.79 Å². The Hall–Kier alpha value is -3.05. The third kappa shape index (κ3) is 6.64. The van der Waals surface area contributed by atoms with Crippen LogP contribution in [0.15, 0.2) is 24.4 Å². The molecule has 2 aliphatic rings. The number of pyridine rings is 1. The predicted octanol–water partition coefficient (Wildman–Crippen LogP) is 6.02. The van der Waals surface area contributed by atoms with Crippen molar-refractivity contribution in [1.82, 2.24) is 4.98 Å². The molecule has 2 aromatic rings. The Morgan fingerprint density at radius 3 is 2.49 bits per heavy atom. The number of nitrogens with zero attached hydrogens (tertiary/aromatic N) is 2. The number of carbonyl (C=O) groups is 2. The summed E-state index contributed by atoms with van der Waals surface area (Å²) in [6.07, 6.45) is 6.51. The number of rotatable bonds is 7. The van der Waals surface area contributed by atoms with E-state index in [1.54, 1.807) is 36.4 Å². The first-order valence-electron chi connectivity index (χ1n) is 12.9. The molecule has 2 fully saturated rings. The van der Waals surface area contributed by atoms with Gasteiger partial charge in [0.2, 0.25) is 11.8 Å². The minimum atomic E-state index is -1.03. The number of anilines is 1. The lowest BCUT2D eigenvalue weighted by atomic mass is 9.80. The zero-order valence-corrected chi connectivity index (χ0v) is 23.1. The second-order valence-electron chi connectivity index (χ2n) is 11.2. The highest BCUT2D eigenvalue weighted by Crippen LogP contribution is 2.41. The summed E-state index contributed by atoms with van der Waals surface area (Å²) in [6.45, 7) is 8.26. The van der Waals surface area contributed by atoms with Crippen LogP contribution in [0.5, 0.6) is 11.6 Å². The molecule has 198 valence electrons. The van der Waals surface area contributed by atoms with E-state index in [0.717, 1.165) is 37.0 Å². The third-order valence-electron chi connectivity index (χ3n) is 6.98. The molecule has 0 aromatic carbocycles. The van der Waals surface area contributed by atoms with Crippen LogP contribution in [0.25, 0.3) is 0 Å². The highest BCUT2D eigenvalue weighted by molar-refractivity contribution is 7.15. The van der Waals surface area contributed by atoms with Gasteiger partial charge in [-0.3, -0.25) is 4.79 Å². The van der Waals surface area contributed by atoms with Crippen LogP contribution in [0.2, 0.25) is 0 Å². The van der Waals surface area contributed by atoms with Crippen molar-refractivity contribution in [3.05, 3.63) is 34.2 Å². The van der Waals surface area contributed by atoms with E-state index < -0.39 is 5.97 Å². The molecule has 8 heteroatoms. The number of carboxylic acids is 1. The van der Waals surface area contributed by atoms with Gasteiger partial charge >= 0.3 is 5.97 Å². The van der Waals surface area contributed by atoms with Gasteiger partial charge in [-0.1, -0.05) is 18.8 Å². The molecule has 0 radical (unpaired) electrons. The fourth-order valence-electron chi connectivity index (χ4n) is 4.84. The van der Waals surface area contributed by atoms with E-state index in [0.29, 0.717) is 41.0 Å². The third-order valence-corrected chi connectivity index (χ3v) is 8.01. The van der Waals surface area contributed by atoms with Crippen molar-refractivity contribution in [2.45, 2.75) is 78.4 Å². The quantitative estimate of drug-likeness (QED) is 0.446. The van der Waals surface area contributed by atoms with Gasteiger partial charge < -0.3 is 19.5 Å². The van der Waals surface area contributed by atoms with Crippen molar-refractivity contribution < 1.29 is 24.2 Å². The Kier molecular flexibility index (Phi) is 8.13. The number of hydrogen-bond donors (Lipinski definition) is 1. The highest BCUT2D eigenvalue weighted by Gasteiger charge is 2.42. The molecule has 37 heavy (non-hydrogen) atoms. The topological polar surface area (TPSA) is 89.0 Å². The number of hydrogen-bond acceptors (Lipinski definition) is 6. The Labute approximate surface area is 223 Å². The van der Waals surface area contributed by atoms with Gasteiger partial charge in [-0.2, -0.15) is 0 Å². The molecule has 0 aliphatic heterocycles. The first-order valence-corrected chi connectivity index (χ1v) is 13.8. The number of amides is 1. The highest BCUT2D eigenvalue weighted by atomic mass is 32.1. The molecule has 1 N–H and O–H groups in total. The summed E-state index contributed by atoms with van der Waals surface area (Å²) in [7, 11) is 1.56. The lowest BCUT2D eigenvalue weighted by Crippen LogP contribution is -2.54. The van der Waals surface area contributed by atoms with Crippen LogP contribution in [0, 0.1) is 29.1 Å². The zero-order valence-electron chi connectivity index (χ0n) is 22.2. The smallest absolute Gasteiger partial charge is 0.348 e. The molecule has 4 rings (SSSR count). The molecule has 0 saturated heterocycles. The SMILES string of the molecule is COc1cc(OC2CC(N(C(=O)C3CCC(C)CC3)c3cc(C#CC(C)(C)C)sc3C(=O)O)C2)ccn1. The van der Waals surface area contributed by atoms with Gasteiger partial charge in [0.25, 0.3) is 0 Å². The molecular formula is C29H36N2O5S. The average molecular weight is 525 g/mol. The van der Waals surface area contributed by atoms with Gasteiger partial charge in [0, 0.05) is 42.5 Å². The molecule has 2 aromatic heterocycles. The van der Waals surface area contributed by atoms with Crippen molar-refractivity contribution in [2.24, 2.45) is 17.3 Å². The fraction of sp³-hybridized carbons (Fsp3) is 0.552. The first-order chi connectivity index (χ1) is 17.5. The van der Waals surface area contributed by atoms with Crippen LogP contribution in [0.1, 0.15) is 80.8 Å². The standard InChI is InChI=1S/C29H36N2O5S/c1-18-6-8-19(9-7-18)27(32)31(20-14-22(15-20)36-21-11-13-30-25(16-21)35-5)24-17-23(10-12-29(2,3)4)37-26(24)28(33)34/h11,13,16-20,22H,6-9,14-15H2,1-5H3,(H,33,34). The second kappa shape index (κ2) is 11.1. The molecule has 1 amide bonds. The number of methoxy groups -OCH3 is 1. The van der Waals surface area contributed by atoms with Crippen molar-refractivity contribution in [3.63, 3.8) is 0 Å². The van der Waals surface area contributed by atoms with Crippen LogP contribution >= 0.6 is 11.3 Å². The summed E-state index contributed by atoms with van der Waals surface area (Å²) >= 11 is 1.14. The number of aromatic nitrogens is 1. The number of carbonyl (C=O) groups excluding carboxylic acids is 1. The zero-order chi connectivity index (χ0) is 26.7. The maximum Gasteiger partial charge on any atom is 0.348 e. The molecule has 2 aliphatic carbocycles. The molecular weight excluding hydrogens is 488 g/mol. The minimum Gasteiger partial charge on any atom is -0.490 e. The largest absolute Gasteiger partial charge is 0.490 e. The molecule has 2 saturated carbocycles. The molecule has 7 nitrogen and oxygen atoms in total. The molecule has 2 heterocycles. The van der Waals surface area contributed by atoms with E-state index >= 15 is 0 Å². The summed E-state index contributed by atoms with van der Waals surface area (Å²) in [5, 5.41) is 10.0. The number of ether oxygens (including phenoxy) is 2. The molecule has 0 spiro atoms. The lowest BCUT2D eigenvalue weighted by Gasteiger charge is -2.44. The molecule has 0 bridgehead atoms. The normalized spacial score (nSPS) is 23.3. The van der Waals surface area contributed by atoms with Gasteiger partial charge in [0.05, 0.1) is 17.7 Å². The Balaban J connectivity index is 1.60. The van der Waals surface area contributed by atoms with E-state index in [9.17, 15) is 14.7 Å². The monoisotopic (exact) mass is 524 g/mol. The van der Waals surface area contributed by atoms with Gasteiger partial charge in [-0.15, -0.1) is 11.3 Å². The Bertz CT molecular complexity index is 1190. The van der Waals surface area contributed by atoms with Gasteiger partial charge in [-0.25, -0.2) is 9.78 Å². The summed E-state index contributed by atoms with van der Waals surface area (Å²) < 4.78 is 11.3. The molecule has 0 atom stereocenters. The van der Waals surface area contributed by atoms with Crippen molar-refractivity contribution in [2.75, 3.05) is 12.0 Å². The minimum absolute atomic E-state index is 0.0246. The fourth-order valence-corrected chi connectivity index (χ4v) is 5.68. The van der Waals surface area contributed by atoms with Gasteiger partial charge in [-0.05, 0) is 64.5 Å². The van der Waals surface area contributed by atoms with E-state index in [1.807, 2.05) is 20.8 Å². The summed E-state index contributed by atoms with van der Waals surface area (Å²) in [6, 6.07) is 5.18. The number of carboxylic acid groups (broad SMARTS) is 1. The van der Waals surface area contributed by atoms with E-state index in [-0.39, 0.29) is 34.3 Å². The van der Waals surface area contributed by atoms with Crippen LogP contribution in [0.4, 0.5) is 5.69 Å². The molecule has 0 unspecified atom stereocenters. The Morgan fingerprint density at radius 2 is 1.86 bits per heavy atom. The summed E-state index contributed by atoms with van der Waals surface area (Å²) in [4.78, 5) is 32.9. The van der Waals surface area contributed by atoms with Crippen LogP contribution in [-0.4, -0.2) is 41.2 Å². The maximum atomic E-state index is 13.9. The lowest BCUT2D eigenvalue weighted by molar-refractivity contribution is -0.124. The van der Waals surface area contributed by atoms with Gasteiger partial charge in [0.1, 0.15) is 16.7 Å². The number of aromatic carboxylic acids is 1. The van der Waals surface area contributed by atoms with Gasteiger partial charge in [0.15, 0.2) is 0 Å². The van der Waals surface area contributed by atoms with Crippen LogP contribution in [0.3, 0.4) is 0 Å². The maximum absolute atomic E-state index is 13.9. The summed E-state index contributed by atoms with van der Waals surface area (Å²) in [5.74, 6) is 6.97. The predicted molar refractivity (Wildman–Crippen MR) is 144 cm³/mol. The van der Waals surface area contributed by atoms with Crippen molar-refractivity contribution >= 4 is 28.9 Å². The van der Waals surface area contributed by atoms with E-state index in [2.05, 4.69) is 23.7 Å². The van der Waals surface area contributed by atoms with Crippen LogP contribution < -0.4 is 14.4 Å². The summed E-state index contributed by atoms with van der Waals surface area (Å²) in [5.41, 5.74) is 0.254. The van der Waals surface area contributed by atoms with E-state index in [4.69, 9.17) is 9.47 Å².